The molecule has 0 heterocycles. The Balaban J connectivity index is 3.19. The van der Waals surface area contributed by atoms with Gasteiger partial charge in [-0.25, -0.2) is 0 Å². The molecule has 0 aliphatic rings. The average molecular weight is 251 g/mol. The fourth-order valence-corrected chi connectivity index (χ4v) is 1.52. The van der Waals surface area contributed by atoms with Crippen molar-refractivity contribution in [3.8, 4) is 0 Å². The van der Waals surface area contributed by atoms with Crippen molar-refractivity contribution in [3.05, 3.63) is 38.8 Å². The average Bonchev–Trinajstić information content (AvgIpc) is 2.11. The largest absolute Gasteiger partial charge is 0.366 e. The number of carbonyl (C=O) groups is 1. The van der Waals surface area contributed by atoms with Gasteiger partial charge in [0.2, 0.25) is 5.91 Å². The van der Waals surface area contributed by atoms with Crippen LogP contribution in [0.25, 0.3) is 6.08 Å². The van der Waals surface area contributed by atoms with Gasteiger partial charge in [0.25, 0.3) is 0 Å². The Morgan fingerprint density at radius 1 is 1.21 bits per heavy atom. The molecule has 0 aliphatic heterocycles. The van der Waals surface area contributed by atoms with Gasteiger partial charge in [-0.2, -0.15) is 0 Å². The zero-order valence-corrected chi connectivity index (χ0v) is 9.20. The van der Waals surface area contributed by atoms with E-state index in [0.717, 1.165) is 0 Å². The van der Waals surface area contributed by atoms with Crippen LogP contribution >= 0.6 is 34.8 Å². The Kier molecular flexibility index (Phi) is 3.81. The van der Waals surface area contributed by atoms with E-state index in [1.54, 1.807) is 12.1 Å². The van der Waals surface area contributed by atoms with Crippen LogP contribution in [0, 0.1) is 0 Å². The number of nitrogens with two attached hydrogens (primary N) is 1. The number of halogens is 3. The van der Waals surface area contributed by atoms with Gasteiger partial charge in [-0.05, 0) is 18.2 Å². The third-order valence-electron chi connectivity index (χ3n) is 1.49. The lowest BCUT2D eigenvalue weighted by atomic mass is 10.2. The summed E-state index contributed by atoms with van der Waals surface area (Å²) in [5.41, 5.74) is 5.42. The molecule has 1 aromatic carbocycles. The number of benzene rings is 1. The highest BCUT2D eigenvalue weighted by Gasteiger charge is 2.06. The molecule has 0 saturated carbocycles. The van der Waals surface area contributed by atoms with E-state index in [-0.39, 0.29) is 0 Å². The third kappa shape index (κ3) is 2.64. The standard InChI is InChI=1S/C9H6Cl3NO/c10-6-2-3-7(11)9(12)5(6)1-4-8(13)14/h1-4H,(H2,13,14). The lowest BCUT2D eigenvalue weighted by molar-refractivity contribution is -0.113. The van der Waals surface area contributed by atoms with Gasteiger partial charge in [-0.1, -0.05) is 34.8 Å². The number of carbonyl (C=O) groups excluding carboxylic acids is 1. The van der Waals surface area contributed by atoms with Crippen LogP contribution < -0.4 is 5.73 Å². The van der Waals surface area contributed by atoms with Crippen molar-refractivity contribution in [1.29, 1.82) is 0 Å². The lowest BCUT2D eigenvalue weighted by Crippen LogP contribution is -2.05. The summed E-state index contributed by atoms with van der Waals surface area (Å²) in [6.07, 6.45) is 2.60. The molecule has 0 fully saturated rings. The third-order valence-corrected chi connectivity index (χ3v) is 2.64. The van der Waals surface area contributed by atoms with Crippen molar-refractivity contribution in [2.24, 2.45) is 5.73 Å². The second-order valence-electron chi connectivity index (χ2n) is 2.49. The van der Waals surface area contributed by atoms with Crippen molar-refractivity contribution >= 4 is 46.8 Å². The summed E-state index contributed by atoms with van der Waals surface area (Å²) < 4.78 is 0. The molecule has 1 rings (SSSR count). The van der Waals surface area contributed by atoms with E-state index >= 15 is 0 Å². The van der Waals surface area contributed by atoms with E-state index < -0.39 is 5.91 Å². The van der Waals surface area contributed by atoms with Crippen molar-refractivity contribution in [2.75, 3.05) is 0 Å². The molecule has 74 valence electrons. The van der Waals surface area contributed by atoms with Gasteiger partial charge in [0.15, 0.2) is 0 Å². The topological polar surface area (TPSA) is 43.1 Å². The first-order chi connectivity index (χ1) is 6.52. The molecule has 0 spiro atoms. The van der Waals surface area contributed by atoms with E-state index in [2.05, 4.69) is 0 Å². The highest BCUT2D eigenvalue weighted by molar-refractivity contribution is 6.44. The number of rotatable bonds is 2. The van der Waals surface area contributed by atoms with Crippen LogP contribution in [0.15, 0.2) is 18.2 Å². The van der Waals surface area contributed by atoms with Crippen LogP contribution in [0.5, 0.6) is 0 Å². The maximum atomic E-state index is 10.5. The summed E-state index contributed by atoms with van der Waals surface area (Å²) in [7, 11) is 0. The number of amides is 1. The molecule has 0 saturated heterocycles. The molecular weight excluding hydrogens is 244 g/mol. The second-order valence-corrected chi connectivity index (χ2v) is 3.68. The van der Waals surface area contributed by atoms with E-state index in [4.69, 9.17) is 40.5 Å². The normalized spacial score (nSPS) is 10.8. The fourth-order valence-electron chi connectivity index (χ4n) is 0.861. The quantitative estimate of drug-likeness (QED) is 0.636. The van der Waals surface area contributed by atoms with E-state index in [9.17, 15) is 4.79 Å². The van der Waals surface area contributed by atoms with Crippen LogP contribution in [-0.4, -0.2) is 5.91 Å². The highest BCUT2D eigenvalue weighted by atomic mass is 35.5. The zero-order chi connectivity index (χ0) is 10.7. The van der Waals surface area contributed by atoms with Gasteiger partial charge in [0.05, 0.1) is 10.0 Å². The molecule has 0 aliphatic carbocycles. The minimum absolute atomic E-state index is 0.302. The summed E-state index contributed by atoms with van der Waals surface area (Å²) >= 11 is 17.5. The molecule has 14 heavy (non-hydrogen) atoms. The minimum Gasteiger partial charge on any atom is -0.366 e. The first-order valence-electron chi connectivity index (χ1n) is 3.63. The molecule has 2 N–H and O–H groups in total. The highest BCUT2D eigenvalue weighted by Crippen LogP contribution is 2.32. The maximum Gasteiger partial charge on any atom is 0.241 e. The van der Waals surface area contributed by atoms with Crippen LogP contribution in [0.4, 0.5) is 0 Å². The first-order valence-corrected chi connectivity index (χ1v) is 4.77. The Hall–Kier alpha value is -0.700. The predicted octanol–water partition coefficient (Wildman–Crippen LogP) is 3.15. The Morgan fingerprint density at radius 3 is 2.36 bits per heavy atom. The molecule has 5 heteroatoms. The second kappa shape index (κ2) is 4.69. The van der Waals surface area contributed by atoms with Gasteiger partial charge in [0.1, 0.15) is 0 Å². The SMILES string of the molecule is NC(=O)C=Cc1c(Cl)ccc(Cl)c1Cl. The zero-order valence-electron chi connectivity index (χ0n) is 6.93. The molecule has 1 aromatic rings. The number of hydrogen-bond donors (Lipinski definition) is 1. The van der Waals surface area contributed by atoms with Crippen molar-refractivity contribution in [1.82, 2.24) is 0 Å². The number of hydrogen-bond acceptors (Lipinski definition) is 1. The molecule has 0 unspecified atom stereocenters. The van der Waals surface area contributed by atoms with E-state index in [1.807, 2.05) is 0 Å². The summed E-state index contributed by atoms with van der Waals surface area (Å²) in [6.45, 7) is 0. The van der Waals surface area contributed by atoms with Gasteiger partial charge >= 0.3 is 0 Å². The van der Waals surface area contributed by atoms with Crippen LogP contribution in [0.2, 0.25) is 15.1 Å². The maximum absolute atomic E-state index is 10.5. The lowest BCUT2D eigenvalue weighted by Gasteiger charge is -2.02. The summed E-state index contributed by atoms with van der Waals surface area (Å²) in [4.78, 5) is 10.5. The monoisotopic (exact) mass is 249 g/mol. The van der Waals surface area contributed by atoms with Crippen molar-refractivity contribution in [3.63, 3.8) is 0 Å². The van der Waals surface area contributed by atoms with Crippen LogP contribution in [0.1, 0.15) is 5.56 Å². The molecular formula is C9H6Cl3NO. The van der Waals surface area contributed by atoms with Gasteiger partial charge in [0, 0.05) is 16.7 Å². The van der Waals surface area contributed by atoms with Crippen molar-refractivity contribution < 1.29 is 4.79 Å². The van der Waals surface area contributed by atoms with E-state index in [0.29, 0.717) is 20.6 Å². The minimum atomic E-state index is -0.572. The smallest absolute Gasteiger partial charge is 0.241 e. The molecule has 0 aromatic heterocycles. The van der Waals surface area contributed by atoms with Gasteiger partial charge in [-0.3, -0.25) is 4.79 Å². The summed E-state index contributed by atoms with van der Waals surface area (Å²) in [5, 5.41) is 1.09. The summed E-state index contributed by atoms with van der Waals surface area (Å²) in [6, 6.07) is 3.17. The number of primary amides is 1. The summed E-state index contributed by atoms with van der Waals surface area (Å²) in [5.74, 6) is -0.572. The van der Waals surface area contributed by atoms with Crippen LogP contribution in [0.3, 0.4) is 0 Å². The Bertz CT molecular complexity index is 401. The molecule has 2 nitrogen and oxygen atoms in total. The first kappa shape index (κ1) is 11.4. The Labute approximate surface area is 96.2 Å². The predicted molar refractivity (Wildman–Crippen MR) is 59.7 cm³/mol. The molecule has 1 amide bonds. The van der Waals surface area contributed by atoms with Gasteiger partial charge < -0.3 is 5.73 Å². The Morgan fingerprint density at radius 2 is 1.79 bits per heavy atom. The van der Waals surface area contributed by atoms with Crippen molar-refractivity contribution in [2.45, 2.75) is 0 Å². The van der Waals surface area contributed by atoms with Crippen LogP contribution in [-0.2, 0) is 4.79 Å². The fraction of sp³-hybridized carbons (Fsp3) is 0. The molecule has 0 bridgehead atoms. The van der Waals surface area contributed by atoms with Gasteiger partial charge in [-0.15, -0.1) is 0 Å². The molecule has 0 atom stereocenters. The van der Waals surface area contributed by atoms with E-state index in [1.165, 1.54) is 12.2 Å². The molecule has 0 radical (unpaired) electrons.